The van der Waals surface area contributed by atoms with Crippen LogP contribution in [0.15, 0.2) is 24.3 Å². The van der Waals surface area contributed by atoms with Gasteiger partial charge in [0.2, 0.25) is 11.8 Å². The summed E-state index contributed by atoms with van der Waals surface area (Å²) in [6.07, 6.45) is 2.51. The molecule has 0 saturated carbocycles. The highest BCUT2D eigenvalue weighted by atomic mass is 19.1. The Morgan fingerprint density at radius 3 is 2.35 bits per heavy atom. The van der Waals surface area contributed by atoms with Gasteiger partial charge in [0.15, 0.2) is 0 Å². The second-order valence-corrected chi connectivity index (χ2v) is 7.12. The molecule has 2 aliphatic heterocycles. The highest BCUT2D eigenvalue weighted by Crippen LogP contribution is 2.21. The van der Waals surface area contributed by atoms with E-state index in [0.717, 1.165) is 44.7 Å². The Balaban J connectivity index is 1.58. The van der Waals surface area contributed by atoms with Crippen molar-refractivity contribution in [1.82, 2.24) is 9.80 Å². The number of benzene rings is 1. The fourth-order valence-electron chi connectivity index (χ4n) is 3.91. The van der Waals surface area contributed by atoms with Gasteiger partial charge in [0.1, 0.15) is 11.9 Å². The lowest BCUT2D eigenvalue weighted by Crippen LogP contribution is -2.58. The van der Waals surface area contributed by atoms with Crippen LogP contribution in [0.1, 0.15) is 26.2 Å². The first-order chi connectivity index (χ1) is 12.5. The molecule has 0 spiro atoms. The first-order valence-electron chi connectivity index (χ1n) is 9.31. The molecule has 2 amide bonds. The zero-order chi connectivity index (χ0) is 18.7. The Hall–Kier alpha value is -2.15. The molecule has 2 aliphatic rings. The summed E-state index contributed by atoms with van der Waals surface area (Å²) in [5.74, 6) is -0.660. The molecule has 0 aromatic heterocycles. The molecule has 0 radical (unpaired) electrons. The summed E-state index contributed by atoms with van der Waals surface area (Å²) >= 11 is 0. The van der Waals surface area contributed by atoms with Crippen molar-refractivity contribution in [1.29, 1.82) is 0 Å². The number of amides is 2. The van der Waals surface area contributed by atoms with E-state index in [1.54, 1.807) is 17.0 Å². The fourth-order valence-corrected chi connectivity index (χ4v) is 3.91. The number of nitrogens with two attached hydrogens (primary N) is 1. The standard InChI is InChI=1S/C19H27FN4O2/c1-14(19(26)24-9-3-2-4-17(24)18(21)25)22-10-12-23(13-11-22)16-7-5-15(20)6-8-16/h5-8,14,17H,2-4,9-13H2,1H3,(H2,21,25). The summed E-state index contributed by atoms with van der Waals surface area (Å²) in [5, 5.41) is 0. The molecule has 2 saturated heterocycles. The molecular weight excluding hydrogens is 335 g/mol. The number of nitrogens with zero attached hydrogens (tertiary/aromatic N) is 3. The predicted octanol–water partition coefficient (Wildman–Crippen LogP) is 1.20. The molecule has 2 unspecified atom stereocenters. The smallest absolute Gasteiger partial charge is 0.240 e. The monoisotopic (exact) mass is 362 g/mol. The Morgan fingerprint density at radius 2 is 1.73 bits per heavy atom. The van der Waals surface area contributed by atoms with E-state index >= 15 is 0 Å². The number of carbonyl (C=O) groups excluding carboxylic acids is 2. The fraction of sp³-hybridized carbons (Fsp3) is 0.579. The lowest BCUT2D eigenvalue weighted by atomic mass is 10.0. The van der Waals surface area contributed by atoms with E-state index in [1.807, 2.05) is 6.92 Å². The van der Waals surface area contributed by atoms with Crippen molar-refractivity contribution in [3.05, 3.63) is 30.1 Å². The van der Waals surface area contributed by atoms with Crippen LogP contribution in [0.5, 0.6) is 0 Å². The normalized spacial score (nSPS) is 22.9. The summed E-state index contributed by atoms with van der Waals surface area (Å²) in [5.41, 5.74) is 6.48. The van der Waals surface area contributed by atoms with E-state index in [1.165, 1.54) is 12.1 Å². The molecule has 1 aromatic rings. The summed E-state index contributed by atoms with van der Waals surface area (Å²) in [6.45, 7) is 5.57. The lowest BCUT2D eigenvalue weighted by molar-refractivity contribution is -0.145. The number of halogens is 1. The summed E-state index contributed by atoms with van der Waals surface area (Å²) in [7, 11) is 0. The van der Waals surface area contributed by atoms with Gasteiger partial charge in [-0.1, -0.05) is 0 Å². The van der Waals surface area contributed by atoms with Crippen molar-refractivity contribution < 1.29 is 14.0 Å². The second-order valence-electron chi connectivity index (χ2n) is 7.12. The Morgan fingerprint density at radius 1 is 1.08 bits per heavy atom. The van der Waals surface area contributed by atoms with Crippen LogP contribution in [0.25, 0.3) is 0 Å². The zero-order valence-electron chi connectivity index (χ0n) is 15.2. The van der Waals surface area contributed by atoms with Gasteiger partial charge < -0.3 is 15.5 Å². The Kier molecular flexibility index (Phi) is 5.76. The molecule has 2 fully saturated rings. The van der Waals surface area contributed by atoms with Crippen LogP contribution in [0.4, 0.5) is 10.1 Å². The van der Waals surface area contributed by atoms with Gasteiger partial charge in [-0.2, -0.15) is 0 Å². The van der Waals surface area contributed by atoms with Crippen molar-refractivity contribution in [2.45, 2.75) is 38.3 Å². The molecule has 3 rings (SSSR count). The first-order valence-corrected chi connectivity index (χ1v) is 9.31. The van der Waals surface area contributed by atoms with E-state index < -0.39 is 11.9 Å². The van der Waals surface area contributed by atoms with Crippen molar-refractivity contribution in [2.75, 3.05) is 37.6 Å². The Labute approximate surface area is 153 Å². The number of anilines is 1. The van der Waals surface area contributed by atoms with Crippen LogP contribution >= 0.6 is 0 Å². The number of hydrogen-bond donors (Lipinski definition) is 1. The molecule has 7 heteroatoms. The van der Waals surface area contributed by atoms with Crippen LogP contribution in [0.3, 0.4) is 0 Å². The first kappa shape index (κ1) is 18.6. The number of carbonyl (C=O) groups is 2. The zero-order valence-corrected chi connectivity index (χ0v) is 15.2. The minimum absolute atomic E-state index is 0.0104. The summed E-state index contributed by atoms with van der Waals surface area (Å²) in [4.78, 5) is 30.6. The van der Waals surface area contributed by atoms with E-state index in [-0.39, 0.29) is 17.8 Å². The molecule has 142 valence electrons. The third-order valence-corrected chi connectivity index (χ3v) is 5.53. The number of likely N-dealkylation sites (tertiary alicyclic amines) is 1. The highest BCUT2D eigenvalue weighted by Gasteiger charge is 2.35. The molecule has 0 bridgehead atoms. The number of piperazine rings is 1. The maximum atomic E-state index is 13.1. The topological polar surface area (TPSA) is 69.9 Å². The SMILES string of the molecule is CC(C(=O)N1CCCCC1C(N)=O)N1CCN(c2ccc(F)cc2)CC1. The molecule has 2 heterocycles. The average Bonchev–Trinajstić information content (AvgIpc) is 2.67. The van der Waals surface area contributed by atoms with Crippen LogP contribution < -0.4 is 10.6 Å². The number of primary amides is 1. The third kappa shape index (κ3) is 3.98. The van der Waals surface area contributed by atoms with Gasteiger partial charge in [-0.25, -0.2) is 4.39 Å². The van der Waals surface area contributed by atoms with E-state index in [0.29, 0.717) is 13.0 Å². The van der Waals surface area contributed by atoms with Crippen LogP contribution in [-0.2, 0) is 9.59 Å². The molecule has 6 nitrogen and oxygen atoms in total. The Bertz CT molecular complexity index is 643. The van der Waals surface area contributed by atoms with Crippen molar-refractivity contribution in [3.63, 3.8) is 0 Å². The second kappa shape index (κ2) is 8.03. The quantitative estimate of drug-likeness (QED) is 0.874. The van der Waals surface area contributed by atoms with Gasteiger partial charge >= 0.3 is 0 Å². The molecule has 2 atom stereocenters. The van der Waals surface area contributed by atoms with E-state index in [9.17, 15) is 14.0 Å². The van der Waals surface area contributed by atoms with Gasteiger partial charge in [0.25, 0.3) is 0 Å². The molecule has 1 aromatic carbocycles. The number of rotatable bonds is 4. The van der Waals surface area contributed by atoms with Gasteiger partial charge in [-0.3, -0.25) is 14.5 Å². The van der Waals surface area contributed by atoms with Crippen molar-refractivity contribution in [3.8, 4) is 0 Å². The maximum Gasteiger partial charge on any atom is 0.240 e. The van der Waals surface area contributed by atoms with Gasteiger partial charge in [0.05, 0.1) is 6.04 Å². The average molecular weight is 362 g/mol. The van der Waals surface area contributed by atoms with Crippen LogP contribution in [-0.4, -0.2) is 66.4 Å². The molecule has 0 aliphatic carbocycles. The largest absolute Gasteiger partial charge is 0.369 e. The third-order valence-electron chi connectivity index (χ3n) is 5.53. The predicted molar refractivity (Wildman–Crippen MR) is 98.2 cm³/mol. The lowest BCUT2D eigenvalue weighted by Gasteiger charge is -2.41. The van der Waals surface area contributed by atoms with E-state index in [2.05, 4.69) is 9.80 Å². The summed E-state index contributed by atoms with van der Waals surface area (Å²) in [6, 6.07) is 5.75. The van der Waals surface area contributed by atoms with Gasteiger partial charge in [-0.15, -0.1) is 0 Å². The van der Waals surface area contributed by atoms with Crippen molar-refractivity contribution >= 4 is 17.5 Å². The summed E-state index contributed by atoms with van der Waals surface area (Å²) < 4.78 is 13.1. The highest BCUT2D eigenvalue weighted by molar-refractivity contribution is 5.89. The van der Waals surface area contributed by atoms with E-state index in [4.69, 9.17) is 5.73 Å². The van der Waals surface area contributed by atoms with Gasteiger partial charge in [0, 0.05) is 38.4 Å². The van der Waals surface area contributed by atoms with Gasteiger partial charge in [-0.05, 0) is 50.5 Å². The maximum absolute atomic E-state index is 13.1. The molecular formula is C19H27FN4O2. The minimum atomic E-state index is -0.473. The number of piperidine rings is 1. The number of hydrogen-bond acceptors (Lipinski definition) is 4. The molecule has 2 N–H and O–H groups in total. The van der Waals surface area contributed by atoms with Crippen molar-refractivity contribution in [2.24, 2.45) is 5.73 Å². The van der Waals surface area contributed by atoms with Crippen LogP contribution in [0.2, 0.25) is 0 Å². The minimum Gasteiger partial charge on any atom is -0.369 e. The van der Waals surface area contributed by atoms with Crippen LogP contribution in [0, 0.1) is 5.82 Å². The molecule has 26 heavy (non-hydrogen) atoms.